The number of carbonyl (C=O) groups is 4. The van der Waals surface area contributed by atoms with Gasteiger partial charge in [-0.05, 0) is 49.2 Å². The van der Waals surface area contributed by atoms with Crippen LogP contribution in [0.5, 0.6) is 0 Å². The molecule has 30 heavy (non-hydrogen) atoms. The van der Waals surface area contributed by atoms with Crippen molar-refractivity contribution in [2.75, 3.05) is 18.0 Å². The van der Waals surface area contributed by atoms with Crippen LogP contribution in [-0.4, -0.2) is 47.9 Å². The lowest BCUT2D eigenvalue weighted by atomic mass is 10.1. The van der Waals surface area contributed by atoms with Crippen LogP contribution in [-0.2, 0) is 9.59 Å². The minimum atomic E-state index is -1.30. The molecule has 2 aromatic rings. The Morgan fingerprint density at radius 3 is 2.43 bits per heavy atom. The van der Waals surface area contributed by atoms with Crippen LogP contribution >= 0.6 is 22.9 Å². The van der Waals surface area contributed by atoms with Crippen LogP contribution in [0.2, 0.25) is 4.34 Å². The molecule has 0 aliphatic carbocycles. The highest BCUT2D eigenvalue weighted by molar-refractivity contribution is 7.18. The molecular weight excluding hydrogens is 430 g/mol. The zero-order valence-corrected chi connectivity index (χ0v) is 17.5. The van der Waals surface area contributed by atoms with E-state index >= 15 is 0 Å². The first kappa shape index (κ1) is 21.8. The zero-order valence-electron chi connectivity index (χ0n) is 15.9. The van der Waals surface area contributed by atoms with Gasteiger partial charge in [-0.3, -0.25) is 14.4 Å². The number of piperidine rings is 1. The predicted octanol–water partition coefficient (Wildman–Crippen LogP) is 2.53. The number of carboxylic acids is 1. The number of hydrogen-bond acceptors (Lipinski definition) is 5. The van der Waals surface area contributed by atoms with Crippen molar-refractivity contribution in [3.05, 3.63) is 51.2 Å². The van der Waals surface area contributed by atoms with E-state index in [1.807, 2.05) is 0 Å². The van der Waals surface area contributed by atoms with Crippen molar-refractivity contribution in [2.45, 2.75) is 25.3 Å². The van der Waals surface area contributed by atoms with Gasteiger partial charge in [0, 0.05) is 30.8 Å². The number of rotatable bonds is 7. The number of aliphatic carboxylic acids is 1. The minimum Gasteiger partial charge on any atom is -0.480 e. The molecule has 1 unspecified atom stereocenters. The van der Waals surface area contributed by atoms with Crippen LogP contribution in [0.1, 0.15) is 39.3 Å². The van der Waals surface area contributed by atoms with Crippen molar-refractivity contribution in [1.82, 2.24) is 10.6 Å². The van der Waals surface area contributed by atoms with E-state index in [0.29, 0.717) is 22.9 Å². The van der Waals surface area contributed by atoms with E-state index in [1.54, 1.807) is 35.2 Å². The number of hydrogen-bond donors (Lipinski definition) is 3. The largest absolute Gasteiger partial charge is 0.480 e. The first-order valence-corrected chi connectivity index (χ1v) is 10.5. The van der Waals surface area contributed by atoms with Gasteiger partial charge < -0.3 is 20.6 Å². The zero-order chi connectivity index (χ0) is 21.7. The van der Waals surface area contributed by atoms with Gasteiger partial charge in [0.2, 0.25) is 5.91 Å². The molecule has 1 aliphatic heterocycles. The number of nitrogens with one attached hydrogen (secondary N) is 2. The number of carbonyl (C=O) groups excluding carboxylic acids is 3. The lowest BCUT2D eigenvalue weighted by Gasteiger charge is -2.26. The SMILES string of the molecule is O=C(NCC(NC(=O)c1ccc(Cl)s1)C(=O)O)c1ccc(N2CCCCC2=O)cc1. The summed E-state index contributed by atoms with van der Waals surface area (Å²) < 4.78 is 0.412. The Balaban J connectivity index is 1.58. The highest BCUT2D eigenvalue weighted by Crippen LogP contribution is 2.22. The second-order valence-electron chi connectivity index (χ2n) is 6.73. The van der Waals surface area contributed by atoms with E-state index in [4.69, 9.17) is 11.6 Å². The van der Waals surface area contributed by atoms with Crippen LogP contribution in [0.25, 0.3) is 0 Å². The minimum absolute atomic E-state index is 0.0607. The van der Waals surface area contributed by atoms with Gasteiger partial charge in [-0.1, -0.05) is 11.6 Å². The average Bonchev–Trinajstić information content (AvgIpc) is 3.17. The molecule has 0 bridgehead atoms. The van der Waals surface area contributed by atoms with Gasteiger partial charge in [-0.25, -0.2) is 4.79 Å². The normalized spacial score (nSPS) is 14.8. The monoisotopic (exact) mass is 449 g/mol. The molecule has 1 fully saturated rings. The number of benzene rings is 1. The summed E-state index contributed by atoms with van der Waals surface area (Å²) in [5.74, 6) is -2.27. The van der Waals surface area contributed by atoms with Gasteiger partial charge in [-0.2, -0.15) is 0 Å². The molecule has 1 atom stereocenters. The molecule has 10 heteroatoms. The van der Waals surface area contributed by atoms with Gasteiger partial charge in [0.05, 0.1) is 9.21 Å². The molecule has 0 saturated carbocycles. The average molecular weight is 450 g/mol. The maximum Gasteiger partial charge on any atom is 0.328 e. The second-order valence-corrected chi connectivity index (χ2v) is 8.44. The van der Waals surface area contributed by atoms with Gasteiger partial charge in [-0.15, -0.1) is 11.3 Å². The van der Waals surface area contributed by atoms with E-state index in [1.165, 1.54) is 6.07 Å². The number of thiophene rings is 1. The molecule has 0 spiro atoms. The lowest BCUT2D eigenvalue weighted by Crippen LogP contribution is -2.48. The van der Waals surface area contributed by atoms with Crippen molar-refractivity contribution in [2.24, 2.45) is 0 Å². The third kappa shape index (κ3) is 5.37. The molecule has 8 nitrogen and oxygen atoms in total. The van der Waals surface area contributed by atoms with Crippen LogP contribution in [0.3, 0.4) is 0 Å². The Kier molecular flexibility index (Phi) is 7.07. The van der Waals surface area contributed by atoms with Gasteiger partial charge in [0.25, 0.3) is 11.8 Å². The number of halogens is 1. The summed E-state index contributed by atoms with van der Waals surface area (Å²) >= 11 is 6.82. The lowest BCUT2D eigenvalue weighted by molar-refractivity contribution is -0.139. The quantitative estimate of drug-likeness (QED) is 0.600. The standard InChI is InChI=1S/C20H20ClN3O5S/c21-16-9-8-15(30-16)19(27)23-14(20(28)29)11-22-18(26)12-4-6-13(7-5-12)24-10-2-1-3-17(24)25/h4-9,14H,1-3,10-11H2,(H,22,26)(H,23,27)(H,28,29). The van der Waals surface area contributed by atoms with Gasteiger partial charge in [0.15, 0.2) is 0 Å². The van der Waals surface area contributed by atoms with Crippen LogP contribution in [0.4, 0.5) is 5.69 Å². The highest BCUT2D eigenvalue weighted by Gasteiger charge is 2.23. The summed E-state index contributed by atoms with van der Waals surface area (Å²) in [6.07, 6.45) is 2.34. The summed E-state index contributed by atoms with van der Waals surface area (Å²) in [6.45, 7) is 0.366. The second kappa shape index (κ2) is 9.73. The molecule has 3 amide bonds. The maximum atomic E-state index is 12.4. The van der Waals surface area contributed by atoms with Crippen LogP contribution in [0.15, 0.2) is 36.4 Å². The summed E-state index contributed by atoms with van der Waals surface area (Å²) in [5, 5.41) is 14.2. The topological polar surface area (TPSA) is 116 Å². The third-order valence-electron chi connectivity index (χ3n) is 4.63. The predicted molar refractivity (Wildman–Crippen MR) is 113 cm³/mol. The van der Waals surface area contributed by atoms with Crippen molar-refractivity contribution >= 4 is 52.3 Å². The number of nitrogens with zero attached hydrogens (tertiary/aromatic N) is 1. The number of carboxylic acid groups (broad SMARTS) is 1. The number of amides is 3. The van der Waals surface area contributed by atoms with Crippen LogP contribution in [0, 0.1) is 0 Å². The van der Waals surface area contributed by atoms with Crippen molar-refractivity contribution in [3.63, 3.8) is 0 Å². The summed E-state index contributed by atoms with van der Waals surface area (Å²) in [6, 6.07) is 8.27. The van der Waals surface area contributed by atoms with Crippen molar-refractivity contribution < 1.29 is 24.3 Å². The Morgan fingerprint density at radius 1 is 1.10 bits per heavy atom. The Hall–Kier alpha value is -2.91. The smallest absolute Gasteiger partial charge is 0.328 e. The molecule has 1 aliphatic rings. The van der Waals surface area contributed by atoms with E-state index in [9.17, 15) is 24.3 Å². The van der Waals surface area contributed by atoms with Gasteiger partial charge >= 0.3 is 5.97 Å². The van der Waals surface area contributed by atoms with Crippen molar-refractivity contribution in [3.8, 4) is 0 Å². The van der Waals surface area contributed by atoms with Crippen LogP contribution < -0.4 is 15.5 Å². The summed E-state index contributed by atoms with van der Waals surface area (Å²) in [7, 11) is 0. The summed E-state index contributed by atoms with van der Waals surface area (Å²) in [4.78, 5) is 49.9. The van der Waals surface area contributed by atoms with Gasteiger partial charge in [0.1, 0.15) is 6.04 Å². The fraction of sp³-hybridized carbons (Fsp3) is 0.300. The summed E-state index contributed by atoms with van der Waals surface area (Å²) in [5.41, 5.74) is 1.05. The molecule has 3 N–H and O–H groups in total. The Labute approximate surface area is 181 Å². The molecule has 3 rings (SSSR count). The highest BCUT2D eigenvalue weighted by atomic mass is 35.5. The fourth-order valence-electron chi connectivity index (χ4n) is 3.03. The number of anilines is 1. The van der Waals surface area contributed by atoms with E-state index in [0.717, 1.165) is 29.9 Å². The molecular formula is C20H20ClN3O5S. The van der Waals surface area contributed by atoms with E-state index < -0.39 is 23.8 Å². The third-order valence-corrected chi connectivity index (χ3v) is 5.86. The maximum absolute atomic E-state index is 12.4. The molecule has 1 saturated heterocycles. The van der Waals surface area contributed by atoms with E-state index in [-0.39, 0.29) is 17.3 Å². The molecule has 1 aromatic carbocycles. The first-order valence-electron chi connectivity index (χ1n) is 9.33. The molecule has 2 heterocycles. The Bertz CT molecular complexity index is 960. The molecule has 158 valence electrons. The van der Waals surface area contributed by atoms with E-state index in [2.05, 4.69) is 10.6 Å². The molecule has 0 radical (unpaired) electrons. The van der Waals surface area contributed by atoms with Crippen molar-refractivity contribution in [1.29, 1.82) is 0 Å². The first-order chi connectivity index (χ1) is 14.3. The molecule has 1 aromatic heterocycles. The fourth-order valence-corrected chi connectivity index (χ4v) is 3.98. The Morgan fingerprint density at radius 2 is 1.83 bits per heavy atom.